The van der Waals surface area contributed by atoms with Crippen LogP contribution in [0.2, 0.25) is 0 Å². The molecule has 3 rings (SSSR count). The van der Waals surface area contributed by atoms with Gasteiger partial charge >= 0.3 is 0 Å². The molecule has 2 N–H and O–H groups in total. The van der Waals surface area contributed by atoms with Crippen LogP contribution in [-0.2, 0) is 4.74 Å². The summed E-state index contributed by atoms with van der Waals surface area (Å²) in [5.41, 5.74) is 0.481. The zero-order valence-electron chi connectivity index (χ0n) is 13.5. The zero-order chi connectivity index (χ0) is 15.4. The molecule has 0 spiro atoms. The Bertz CT molecular complexity index is 504. The van der Waals surface area contributed by atoms with Crippen molar-refractivity contribution >= 4 is 18.3 Å². The maximum absolute atomic E-state index is 12.2. The molecule has 7 nitrogen and oxygen atoms in total. The number of hydrogen-bond acceptors (Lipinski definition) is 5. The number of rotatable bonds is 4. The molecule has 0 aliphatic carbocycles. The first-order valence-corrected chi connectivity index (χ1v) is 8.06. The van der Waals surface area contributed by atoms with Gasteiger partial charge in [-0.05, 0) is 32.5 Å². The van der Waals surface area contributed by atoms with Crippen LogP contribution in [0.4, 0.5) is 0 Å². The van der Waals surface area contributed by atoms with Gasteiger partial charge in [-0.25, -0.2) is 0 Å². The number of aromatic nitrogens is 2. The molecular formula is C15H26ClN5O2. The number of likely N-dealkylation sites (N-methyl/N-ethyl adjacent to an activating group) is 1. The summed E-state index contributed by atoms with van der Waals surface area (Å²) >= 11 is 0. The topological polar surface area (TPSA) is 71.4 Å². The second-order valence-electron chi connectivity index (χ2n) is 6.15. The van der Waals surface area contributed by atoms with Crippen molar-refractivity contribution < 1.29 is 9.53 Å². The van der Waals surface area contributed by atoms with Crippen LogP contribution in [0, 0.1) is 0 Å². The summed E-state index contributed by atoms with van der Waals surface area (Å²) in [5, 5.41) is 10.7. The van der Waals surface area contributed by atoms with Gasteiger partial charge in [0.25, 0.3) is 5.91 Å². The van der Waals surface area contributed by atoms with Gasteiger partial charge in [0, 0.05) is 32.4 Å². The molecule has 1 amide bonds. The summed E-state index contributed by atoms with van der Waals surface area (Å²) < 4.78 is 7.55. The summed E-state index contributed by atoms with van der Waals surface area (Å²) in [5.74, 6) is -0.126. The van der Waals surface area contributed by atoms with E-state index in [4.69, 9.17) is 4.74 Å². The summed E-state index contributed by atoms with van der Waals surface area (Å²) in [6, 6.07) is 2.14. The van der Waals surface area contributed by atoms with Gasteiger partial charge in [-0.3, -0.25) is 9.48 Å². The number of carbonyl (C=O) groups is 1. The van der Waals surface area contributed by atoms with Crippen molar-refractivity contribution in [2.45, 2.75) is 25.0 Å². The molecule has 1 aromatic heterocycles. The monoisotopic (exact) mass is 343 g/mol. The Kier molecular flexibility index (Phi) is 6.83. The van der Waals surface area contributed by atoms with E-state index in [1.807, 2.05) is 10.9 Å². The summed E-state index contributed by atoms with van der Waals surface area (Å²) in [4.78, 5) is 14.4. The van der Waals surface area contributed by atoms with Gasteiger partial charge in [0.05, 0.1) is 18.8 Å². The molecule has 8 heteroatoms. The smallest absolute Gasteiger partial charge is 0.271 e. The van der Waals surface area contributed by atoms with E-state index in [-0.39, 0.29) is 24.4 Å². The van der Waals surface area contributed by atoms with Crippen molar-refractivity contribution in [1.82, 2.24) is 25.3 Å². The lowest BCUT2D eigenvalue weighted by atomic mass is 10.1. The van der Waals surface area contributed by atoms with Gasteiger partial charge in [0.1, 0.15) is 5.69 Å². The second kappa shape index (κ2) is 8.63. The van der Waals surface area contributed by atoms with E-state index in [2.05, 4.69) is 27.7 Å². The van der Waals surface area contributed by atoms with Crippen molar-refractivity contribution in [2.24, 2.45) is 0 Å². The van der Waals surface area contributed by atoms with Gasteiger partial charge in [-0.1, -0.05) is 0 Å². The maximum atomic E-state index is 12.2. The van der Waals surface area contributed by atoms with Gasteiger partial charge < -0.3 is 20.3 Å². The standard InChI is InChI=1S/C15H25N5O2.ClH/c1-19-7-8-22-13(11-19)10-17-15(21)14-4-6-20(18-14)12-3-2-5-16-9-12;/h4,6,12-13,16H,2-3,5,7-11H2,1H3,(H,17,21);1H. The molecule has 0 radical (unpaired) electrons. The van der Waals surface area contributed by atoms with Crippen LogP contribution in [-0.4, -0.2) is 73.1 Å². The first kappa shape index (κ1) is 18.2. The number of carbonyl (C=O) groups excluding carboxylic acids is 1. The molecule has 2 atom stereocenters. The Morgan fingerprint density at radius 2 is 2.43 bits per heavy atom. The number of nitrogens with one attached hydrogen (secondary N) is 2. The lowest BCUT2D eigenvalue weighted by molar-refractivity contribution is -0.0175. The lowest BCUT2D eigenvalue weighted by Gasteiger charge is -2.29. The van der Waals surface area contributed by atoms with Crippen molar-refractivity contribution in [3.05, 3.63) is 18.0 Å². The molecule has 2 unspecified atom stereocenters. The van der Waals surface area contributed by atoms with Gasteiger partial charge in [0.2, 0.25) is 0 Å². The minimum absolute atomic E-state index is 0. The fourth-order valence-corrected chi connectivity index (χ4v) is 3.01. The quantitative estimate of drug-likeness (QED) is 0.822. The van der Waals surface area contributed by atoms with Gasteiger partial charge in [-0.15, -0.1) is 12.4 Å². The normalized spacial score (nSPS) is 25.6. The minimum atomic E-state index is -0.126. The summed E-state index contributed by atoms with van der Waals surface area (Å²) in [6.45, 7) is 5.04. The lowest BCUT2D eigenvalue weighted by Crippen LogP contribution is -2.46. The Morgan fingerprint density at radius 1 is 1.57 bits per heavy atom. The molecule has 3 heterocycles. The van der Waals surface area contributed by atoms with Crippen LogP contribution >= 0.6 is 12.4 Å². The van der Waals surface area contributed by atoms with Gasteiger partial charge in [0.15, 0.2) is 0 Å². The highest BCUT2D eigenvalue weighted by Crippen LogP contribution is 2.15. The fraction of sp³-hybridized carbons (Fsp3) is 0.733. The number of ether oxygens (including phenoxy) is 1. The van der Waals surface area contributed by atoms with E-state index in [0.29, 0.717) is 18.3 Å². The molecular weight excluding hydrogens is 318 g/mol. The van der Waals surface area contributed by atoms with E-state index in [1.165, 1.54) is 0 Å². The first-order valence-electron chi connectivity index (χ1n) is 8.06. The Balaban J connectivity index is 0.00000192. The average Bonchev–Trinajstić information content (AvgIpc) is 3.04. The van der Waals surface area contributed by atoms with E-state index < -0.39 is 0 Å². The third-order valence-electron chi connectivity index (χ3n) is 4.32. The zero-order valence-corrected chi connectivity index (χ0v) is 14.3. The van der Waals surface area contributed by atoms with Crippen molar-refractivity contribution in [1.29, 1.82) is 0 Å². The Morgan fingerprint density at radius 3 is 3.17 bits per heavy atom. The molecule has 1 aromatic rings. The first-order chi connectivity index (χ1) is 10.7. The van der Waals surface area contributed by atoms with Crippen molar-refractivity contribution in [3.63, 3.8) is 0 Å². The fourth-order valence-electron chi connectivity index (χ4n) is 3.01. The summed E-state index contributed by atoms with van der Waals surface area (Å²) in [7, 11) is 2.07. The third kappa shape index (κ3) is 4.91. The number of nitrogens with zero attached hydrogens (tertiary/aromatic N) is 3. The molecule has 2 saturated heterocycles. The highest BCUT2D eigenvalue weighted by Gasteiger charge is 2.20. The van der Waals surface area contributed by atoms with Crippen LogP contribution in [0.25, 0.3) is 0 Å². The highest BCUT2D eigenvalue weighted by atomic mass is 35.5. The molecule has 0 aromatic carbocycles. The predicted octanol–water partition coefficient (Wildman–Crippen LogP) is 0.290. The SMILES string of the molecule is CN1CCOC(CNC(=O)c2ccn(C3CCCNC3)n2)C1.Cl. The average molecular weight is 344 g/mol. The molecule has 23 heavy (non-hydrogen) atoms. The Labute approximate surface area is 143 Å². The maximum Gasteiger partial charge on any atom is 0.271 e. The largest absolute Gasteiger partial charge is 0.374 e. The van der Waals surface area contributed by atoms with Crippen LogP contribution < -0.4 is 10.6 Å². The van der Waals surface area contributed by atoms with Crippen LogP contribution in [0.3, 0.4) is 0 Å². The molecule has 0 bridgehead atoms. The number of morpholine rings is 1. The number of piperidine rings is 1. The third-order valence-corrected chi connectivity index (χ3v) is 4.32. The van der Waals surface area contributed by atoms with Crippen LogP contribution in [0.5, 0.6) is 0 Å². The van der Waals surface area contributed by atoms with Crippen molar-refractivity contribution in [2.75, 3.05) is 46.4 Å². The molecule has 0 saturated carbocycles. The molecule has 2 fully saturated rings. The number of halogens is 1. The van der Waals surface area contributed by atoms with E-state index in [0.717, 1.165) is 45.6 Å². The van der Waals surface area contributed by atoms with Gasteiger partial charge in [-0.2, -0.15) is 5.10 Å². The van der Waals surface area contributed by atoms with E-state index in [1.54, 1.807) is 6.07 Å². The van der Waals surface area contributed by atoms with Crippen LogP contribution in [0.15, 0.2) is 12.3 Å². The number of amides is 1. The highest BCUT2D eigenvalue weighted by molar-refractivity contribution is 5.92. The molecule has 130 valence electrons. The van der Waals surface area contributed by atoms with E-state index in [9.17, 15) is 4.79 Å². The van der Waals surface area contributed by atoms with Crippen LogP contribution in [0.1, 0.15) is 29.4 Å². The number of hydrogen-bond donors (Lipinski definition) is 2. The summed E-state index contributed by atoms with van der Waals surface area (Å²) in [6.07, 6.45) is 4.22. The van der Waals surface area contributed by atoms with Crippen molar-refractivity contribution in [3.8, 4) is 0 Å². The second-order valence-corrected chi connectivity index (χ2v) is 6.15. The molecule has 2 aliphatic rings. The minimum Gasteiger partial charge on any atom is -0.374 e. The Hall–Kier alpha value is -1.15. The van der Waals surface area contributed by atoms with E-state index >= 15 is 0 Å². The predicted molar refractivity (Wildman–Crippen MR) is 90.2 cm³/mol. The molecule has 2 aliphatic heterocycles.